The molecule has 0 aromatic carbocycles. The Bertz CT molecular complexity index is 288. The highest BCUT2D eigenvalue weighted by molar-refractivity contribution is 5.14. The zero-order chi connectivity index (χ0) is 9.97. The number of aryl methyl sites for hydroxylation is 1. The van der Waals surface area contributed by atoms with Gasteiger partial charge in [-0.1, -0.05) is 0 Å². The number of hydrogen-bond acceptors (Lipinski definition) is 3. The summed E-state index contributed by atoms with van der Waals surface area (Å²) in [5.41, 5.74) is 2.49. The van der Waals surface area contributed by atoms with Crippen LogP contribution in [-0.2, 0) is 6.54 Å². The lowest BCUT2D eigenvalue weighted by Crippen LogP contribution is -2.32. The Kier molecular flexibility index (Phi) is 2.84. The van der Waals surface area contributed by atoms with Gasteiger partial charge >= 0.3 is 0 Å². The molecule has 0 spiro atoms. The molecular weight excluding hydrogens is 176 g/mol. The Hall–Kier alpha value is -0.870. The van der Waals surface area contributed by atoms with E-state index in [0.717, 1.165) is 19.6 Å². The summed E-state index contributed by atoms with van der Waals surface area (Å²) in [5, 5.41) is 10.4. The first-order valence-electron chi connectivity index (χ1n) is 5.17. The van der Waals surface area contributed by atoms with E-state index >= 15 is 0 Å². The molecule has 4 heteroatoms. The second-order valence-electron chi connectivity index (χ2n) is 4.08. The van der Waals surface area contributed by atoms with Gasteiger partial charge < -0.3 is 5.32 Å². The highest BCUT2D eigenvalue weighted by Gasteiger charge is 2.19. The van der Waals surface area contributed by atoms with Crippen LogP contribution in [0.5, 0.6) is 0 Å². The SMILES string of the molecule is Cc1[nH]ncc1CN(C)C1CCNC1. The fraction of sp³-hybridized carbons (Fsp3) is 0.700. The standard InChI is InChI=1S/C10H18N4/c1-8-9(5-12-13-8)7-14(2)10-3-4-11-6-10/h5,10-11H,3-4,6-7H2,1-2H3,(H,12,13). The van der Waals surface area contributed by atoms with E-state index in [-0.39, 0.29) is 0 Å². The maximum atomic E-state index is 4.03. The lowest BCUT2D eigenvalue weighted by molar-refractivity contribution is 0.248. The Balaban J connectivity index is 1.93. The lowest BCUT2D eigenvalue weighted by atomic mass is 10.2. The Morgan fingerprint density at radius 3 is 3.07 bits per heavy atom. The van der Waals surface area contributed by atoms with E-state index in [4.69, 9.17) is 0 Å². The summed E-state index contributed by atoms with van der Waals surface area (Å²) in [7, 11) is 2.18. The number of rotatable bonds is 3. The molecule has 2 heterocycles. The van der Waals surface area contributed by atoms with Crippen LogP contribution < -0.4 is 5.32 Å². The van der Waals surface area contributed by atoms with Crippen molar-refractivity contribution in [1.82, 2.24) is 20.4 Å². The molecule has 1 aromatic rings. The van der Waals surface area contributed by atoms with Gasteiger partial charge in [-0.25, -0.2) is 0 Å². The summed E-state index contributed by atoms with van der Waals surface area (Å²) in [6, 6.07) is 0.685. The van der Waals surface area contributed by atoms with Crippen LogP contribution in [0.4, 0.5) is 0 Å². The fourth-order valence-corrected chi connectivity index (χ4v) is 1.95. The molecule has 2 rings (SSSR count). The summed E-state index contributed by atoms with van der Waals surface area (Å²) in [6.45, 7) is 5.34. The van der Waals surface area contributed by atoms with Crippen molar-refractivity contribution in [2.45, 2.75) is 25.9 Å². The minimum atomic E-state index is 0.685. The smallest absolute Gasteiger partial charge is 0.0535 e. The van der Waals surface area contributed by atoms with Crippen molar-refractivity contribution in [3.05, 3.63) is 17.5 Å². The Labute approximate surface area is 84.7 Å². The fourth-order valence-electron chi connectivity index (χ4n) is 1.95. The molecule has 1 aromatic heterocycles. The predicted octanol–water partition coefficient (Wildman–Crippen LogP) is 0.512. The third kappa shape index (κ3) is 1.96. The Morgan fingerprint density at radius 2 is 2.50 bits per heavy atom. The zero-order valence-corrected chi connectivity index (χ0v) is 8.88. The molecule has 1 saturated heterocycles. The maximum Gasteiger partial charge on any atom is 0.0535 e. The molecule has 0 saturated carbocycles. The van der Waals surface area contributed by atoms with E-state index in [9.17, 15) is 0 Å². The summed E-state index contributed by atoms with van der Waals surface area (Å²) in [5.74, 6) is 0. The van der Waals surface area contributed by atoms with Crippen LogP contribution in [0.25, 0.3) is 0 Å². The molecule has 0 bridgehead atoms. The number of H-pyrrole nitrogens is 1. The average Bonchev–Trinajstić information content (AvgIpc) is 2.77. The van der Waals surface area contributed by atoms with E-state index < -0.39 is 0 Å². The second-order valence-corrected chi connectivity index (χ2v) is 4.08. The highest BCUT2D eigenvalue weighted by atomic mass is 15.2. The predicted molar refractivity (Wildman–Crippen MR) is 56.1 cm³/mol. The maximum absolute atomic E-state index is 4.03. The molecule has 1 unspecified atom stereocenters. The van der Waals surface area contributed by atoms with Gasteiger partial charge in [0.15, 0.2) is 0 Å². The highest BCUT2D eigenvalue weighted by Crippen LogP contribution is 2.12. The van der Waals surface area contributed by atoms with E-state index in [1.807, 2.05) is 6.20 Å². The number of hydrogen-bond donors (Lipinski definition) is 2. The Morgan fingerprint density at radius 1 is 1.64 bits per heavy atom. The van der Waals surface area contributed by atoms with Gasteiger partial charge in [0.1, 0.15) is 0 Å². The summed E-state index contributed by atoms with van der Waals surface area (Å²) in [4.78, 5) is 2.40. The van der Waals surface area contributed by atoms with Gasteiger partial charge in [0, 0.05) is 30.4 Å². The zero-order valence-electron chi connectivity index (χ0n) is 8.88. The number of aromatic amines is 1. The monoisotopic (exact) mass is 194 g/mol. The van der Waals surface area contributed by atoms with Crippen LogP contribution in [0.3, 0.4) is 0 Å². The molecule has 0 aliphatic carbocycles. The van der Waals surface area contributed by atoms with Gasteiger partial charge in [-0.2, -0.15) is 5.10 Å². The normalized spacial score (nSPS) is 22.1. The van der Waals surface area contributed by atoms with E-state index in [0.29, 0.717) is 6.04 Å². The van der Waals surface area contributed by atoms with Gasteiger partial charge in [0.2, 0.25) is 0 Å². The first-order valence-corrected chi connectivity index (χ1v) is 5.17. The molecule has 0 amide bonds. The third-order valence-electron chi connectivity index (χ3n) is 3.01. The number of likely N-dealkylation sites (N-methyl/N-ethyl adjacent to an activating group) is 1. The first kappa shape index (κ1) is 9.68. The average molecular weight is 194 g/mol. The van der Waals surface area contributed by atoms with E-state index in [1.54, 1.807) is 0 Å². The molecule has 1 fully saturated rings. The minimum absolute atomic E-state index is 0.685. The van der Waals surface area contributed by atoms with E-state index in [2.05, 4.69) is 34.4 Å². The molecule has 1 aliphatic heterocycles. The largest absolute Gasteiger partial charge is 0.315 e. The van der Waals surface area contributed by atoms with Crippen LogP contribution in [0.1, 0.15) is 17.7 Å². The number of aromatic nitrogens is 2. The molecule has 1 atom stereocenters. The van der Waals surface area contributed by atoms with Crippen molar-refractivity contribution in [2.24, 2.45) is 0 Å². The van der Waals surface area contributed by atoms with E-state index in [1.165, 1.54) is 17.7 Å². The van der Waals surface area contributed by atoms with Crippen molar-refractivity contribution >= 4 is 0 Å². The summed E-state index contributed by atoms with van der Waals surface area (Å²) >= 11 is 0. The molecular formula is C10H18N4. The molecule has 2 N–H and O–H groups in total. The van der Waals surface area contributed by atoms with Crippen molar-refractivity contribution in [2.75, 3.05) is 20.1 Å². The van der Waals surface area contributed by atoms with Crippen molar-refractivity contribution in [1.29, 1.82) is 0 Å². The quantitative estimate of drug-likeness (QED) is 0.737. The number of nitrogens with one attached hydrogen (secondary N) is 2. The van der Waals surface area contributed by atoms with Crippen LogP contribution in [0.2, 0.25) is 0 Å². The summed E-state index contributed by atoms with van der Waals surface area (Å²) < 4.78 is 0. The molecule has 4 nitrogen and oxygen atoms in total. The minimum Gasteiger partial charge on any atom is -0.315 e. The first-order chi connectivity index (χ1) is 6.77. The van der Waals surface area contributed by atoms with Gasteiger partial charge in [-0.3, -0.25) is 10.00 Å². The van der Waals surface area contributed by atoms with Gasteiger partial charge in [0.05, 0.1) is 6.20 Å². The molecule has 0 radical (unpaired) electrons. The van der Waals surface area contributed by atoms with Crippen LogP contribution >= 0.6 is 0 Å². The van der Waals surface area contributed by atoms with Crippen LogP contribution in [0, 0.1) is 6.92 Å². The lowest BCUT2D eigenvalue weighted by Gasteiger charge is -2.22. The summed E-state index contributed by atoms with van der Waals surface area (Å²) in [6.07, 6.45) is 3.18. The second kappa shape index (κ2) is 4.11. The van der Waals surface area contributed by atoms with Crippen LogP contribution in [0.15, 0.2) is 6.20 Å². The molecule has 1 aliphatic rings. The molecule has 14 heavy (non-hydrogen) atoms. The van der Waals surface area contributed by atoms with Crippen LogP contribution in [-0.4, -0.2) is 41.3 Å². The molecule has 78 valence electrons. The third-order valence-corrected chi connectivity index (χ3v) is 3.01. The van der Waals surface area contributed by atoms with Gasteiger partial charge in [-0.15, -0.1) is 0 Å². The van der Waals surface area contributed by atoms with Gasteiger partial charge in [0.25, 0.3) is 0 Å². The number of nitrogens with zero attached hydrogens (tertiary/aromatic N) is 2. The van der Waals surface area contributed by atoms with Crippen molar-refractivity contribution in [3.8, 4) is 0 Å². The van der Waals surface area contributed by atoms with Crippen molar-refractivity contribution < 1.29 is 0 Å². The van der Waals surface area contributed by atoms with Gasteiger partial charge in [-0.05, 0) is 26.9 Å². The topological polar surface area (TPSA) is 44.0 Å². The van der Waals surface area contributed by atoms with Crippen molar-refractivity contribution in [3.63, 3.8) is 0 Å².